The SMILES string of the molecule is O=C(OC12CC[N+](CCCn3cccc3)(CC1)CC2)C([O-])(c1cccs1)c1cccs1. The number of ether oxygens (including phenoxy) is 1. The van der Waals surface area contributed by atoms with Crippen LogP contribution in [0.2, 0.25) is 0 Å². The predicted octanol–water partition coefficient (Wildman–Crippen LogP) is 3.60. The maximum Gasteiger partial charge on any atom is 0.306 e. The molecule has 3 fully saturated rings. The van der Waals surface area contributed by atoms with E-state index >= 15 is 0 Å². The van der Waals surface area contributed by atoms with Gasteiger partial charge in [0.15, 0.2) is 0 Å². The fourth-order valence-corrected chi connectivity index (χ4v) is 6.88. The van der Waals surface area contributed by atoms with Crippen LogP contribution in [0.15, 0.2) is 59.6 Å². The molecule has 31 heavy (non-hydrogen) atoms. The largest absolute Gasteiger partial charge is 0.833 e. The molecular weight excluding hydrogens is 428 g/mol. The van der Waals surface area contributed by atoms with Gasteiger partial charge in [0.2, 0.25) is 0 Å². The van der Waals surface area contributed by atoms with Crippen molar-refractivity contribution in [2.24, 2.45) is 0 Å². The summed E-state index contributed by atoms with van der Waals surface area (Å²) in [5.41, 5.74) is -2.43. The summed E-state index contributed by atoms with van der Waals surface area (Å²) in [6, 6.07) is 11.3. The zero-order chi connectivity index (χ0) is 21.4. The maximum absolute atomic E-state index is 13.9. The summed E-state index contributed by atoms with van der Waals surface area (Å²) in [7, 11) is 0. The first-order chi connectivity index (χ1) is 15.0. The van der Waals surface area contributed by atoms with E-state index in [1.54, 1.807) is 12.1 Å². The lowest BCUT2D eigenvalue weighted by Gasteiger charge is -2.55. The number of esters is 1. The number of aromatic nitrogens is 1. The van der Waals surface area contributed by atoms with Gasteiger partial charge < -0.3 is 18.9 Å². The second-order valence-electron chi connectivity index (χ2n) is 8.97. The smallest absolute Gasteiger partial charge is 0.306 e. The Hall–Kier alpha value is -1.93. The minimum Gasteiger partial charge on any atom is -0.833 e. The van der Waals surface area contributed by atoms with Gasteiger partial charge >= 0.3 is 5.97 Å². The number of aryl methyl sites for hydroxylation is 1. The van der Waals surface area contributed by atoms with E-state index in [4.69, 9.17) is 4.74 Å². The summed E-state index contributed by atoms with van der Waals surface area (Å²) in [6.45, 7) is 5.31. The van der Waals surface area contributed by atoms with Crippen molar-refractivity contribution in [2.45, 2.75) is 43.4 Å². The van der Waals surface area contributed by atoms with E-state index in [0.717, 1.165) is 62.9 Å². The zero-order valence-corrected chi connectivity index (χ0v) is 19.2. The lowest BCUT2D eigenvalue weighted by atomic mass is 9.80. The molecule has 3 aromatic heterocycles. The van der Waals surface area contributed by atoms with Gasteiger partial charge in [0.1, 0.15) is 5.60 Å². The van der Waals surface area contributed by atoms with E-state index in [0.29, 0.717) is 9.75 Å². The van der Waals surface area contributed by atoms with Gasteiger partial charge in [-0.25, -0.2) is 0 Å². The predicted molar refractivity (Wildman–Crippen MR) is 121 cm³/mol. The van der Waals surface area contributed by atoms with E-state index in [1.165, 1.54) is 22.7 Å². The molecule has 0 aromatic carbocycles. The Morgan fingerprint density at radius 1 is 1.03 bits per heavy atom. The average molecular weight is 457 g/mol. The highest BCUT2D eigenvalue weighted by molar-refractivity contribution is 7.12. The molecule has 0 radical (unpaired) electrons. The number of carbonyl (C=O) groups is 1. The summed E-state index contributed by atoms with van der Waals surface area (Å²) >= 11 is 2.66. The normalized spacial score (nSPS) is 25.6. The van der Waals surface area contributed by atoms with Gasteiger partial charge in [-0.05, 0) is 35.0 Å². The Labute approximate surface area is 191 Å². The summed E-state index contributed by atoms with van der Waals surface area (Å²) in [4.78, 5) is 14.4. The molecule has 164 valence electrons. The standard InChI is InChI=1S/C24H28N2O3S2/c27-22(24(28,20-6-3-18-30-20)21-7-4-19-31-21)29-23-8-15-26(16-9-23,17-10-23)14-5-13-25-11-1-2-12-25/h1-4,6-7,11-12,18-19H,5,8-10,13-17H2. The lowest BCUT2D eigenvalue weighted by Crippen LogP contribution is -2.66. The van der Waals surface area contributed by atoms with Gasteiger partial charge in [-0.15, -0.1) is 22.7 Å². The Bertz CT molecular complexity index is 937. The number of hydrogen-bond acceptors (Lipinski definition) is 5. The molecule has 6 rings (SSSR count). The molecule has 3 aliphatic rings. The number of hydrogen-bond donors (Lipinski definition) is 0. The number of carbonyl (C=O) groups excluding carboxylic acids is 1. The van der Waals surface area contributed by atoms with Crippen molar-refractivity contribution in [3.05, 3.63) is 69.3 Å². The molecule has 2 bridgehead atoms. The van der Waals surface area contributed by atoms with Gasteiger partial charge in [0.05, 0.1) is 31.8 Å². The monoisotopic (exact) mass is 456 g/mol. The number of piperidine rings is 3. The Kier molecular flexibility index (Phi) is 5.54. The van der Waals surface area contributed by atoms with E-state index in [9.17, 15) is 9.90 Å². The van der Waals surface area contributed by atoms with Gasteiger partial charge in [0.25, 0.3) is 0 Å². The Morgan fingerprint density at radius 2 is 1.61 bits per heavy atom. The Morgan fingerprint density at radius 3 is 2.13 bits per heavy atom. The fraction of sp³-hybridized carbons (Fsp3) is 0.458. The maximum atomic E-state index is 13.9. The summed E-state index contributed by atoms with van der Waals surface area (Å²) in [6.07, 6.45) is 7.95. The van der Waals surface area contributed by atoms with Gasteiger partial charge in [-0.1, -0.05) is 12.1 Å². The molecule has 0 saturated carbocycles. The first-order valence-electron chi connectivity index (χ1n) is 11.0. The number of fused-ring (bicyclic) bond motifs is 3. The van der Waals surface area contributed by atoms with Gasteiger partial charge in [0, 0.05) is 54.4 Å². The third-order valence-corrected chi connectivity index (χ3v) is 9.11. The number of rotatable bonds is 8. The van der Waals surface area contributed by atoms with Crippen LogP contribution in [0.3, 0.4) is 0 Å². The van der Waals surface area contributed by atoms with E-state index in [-0.39, 0.29) is 0 Å². The molecule has 0 unspecified atom stereocenters. The molecule has 5 nitrogen and oxygen atoms in total. The van der Waals surface area contributed by atoms with Crippen molar-refractivity contribution in [1.29, 1.82) is 0 Å². The molecular formula is C24H28N2O3S2. The van der Waals surface area contributed by atoms with Gasteiger partial charge in [-0.3, -0.25) is 4.79 Å². The highest BCUT2D eigenvalue weighted by Gasteiger charge is 2.52. The molecule has 0 N–H and O–H groups in total. The van der Waals surface area contributed by atoms with Crippen LogP contribution in [0.1, 0.15) is 35.4 Å². The third-order valence-electron chi connectivity index (χ3n) is 7.17. The second kappa shape index (κ2) is 8.20. The first-order valence-corrected chi connectivity index (χ1v) is 12.8. The molecule has 0 spiro atoms. The van der Waals surface area contributed by atoms with Crippen molar-refractivity contribution in [2.75, 3.05) is 26.2 Å². The van der Waals surface area contributed by atoms with Crippen LogP contribution < -0.4 is 5.11 Å². The average Bonchev–Trinajstić information content (AvgIpc) is 3.58. The zero-order valence-electron chi connectivity index (χ0n) is 17.6. The number of thiophene rings is 2. The minimum absolute atomic E-state index is 0.471. The molecule has 0 atom stereocenters. The topological polar surface area (TPSA) is 54.3 Å². The van der Waals surface area contributed by atoms with Crippen LogP contribution >= 0.6 is 22.7 Å². The summed E-state index contributed by atoms with van der Waals surface area (Å²) < 4.78 is 9.50. The van der Waals surface area contributed by atoms with Crippen LogP contribution in [-0.2, 0) is 21.7 Å². The van der Waals surface area contributed by atoms with E-state index < -0.39 is 17.2 Å². The second-order valence-corrected chi connectivity index (χ2v) is 10.9. The molecule has 3 aliphatic heterocycles. The van der Waals surface area contributed by atoms with E-state index in [2.05, 4.69) is 29.1 Å². The molecule has 0 aliphatic carbocycles. The highest BCUT2D eigenvalue weighted by Crippen LogP contribution is 2.43. The number of quaternary nitrogens is 1. The van der Waals surface area contributed by atoms with E-state index in [1.807, 2.05) is 22.9 Å². The summed E-state index contributed by atoms with van der Waals surface area (Å²) in [5.74, 6) is -0.632. The van der Waals surface area contributed by atoms with Crippen molar-refractivity contribution in [3.63, 3.8) is 0 Å². The van der Waals surface area contributed by atoms with Crippen LogP contribution in [0.25, 0.3) is 0 Å². The molecule has 3 saturated heterocycles. The Balaban J connectivity index is 1.25. The fourth-order valence-electron chi connectivity index (χ4n) is 5.18. The van der Waals surface area contributed by atoms with Crippen molar-refractivity contribution >= 4 is 28.6 Å². The van der Waals surface area contributed by atoms with Crippen LogP contribution in [-0.4, -0.2) is 46.8 Å². The third kappa shape index (κ3) is 3.89. The van der Waals surface area contributed by atoms with Crippen molar-refractivity contribution in [1.82, 2.24) is 4.57 Å². The first kappa shape index (κ1) is 20.9. The van der Waals surface area contributed by atoms with Crippen molar-refractivity contribution < 1.29 is 19.1 Å². The molecule has 6 heterocycles. The molecule has 3 aromatic rings. The summed E-state index contributed by atoms with van der Waals surface area (Å²) in [5, 5.41) is 17.6. The van der Waals surface area contributed by atoms with Crippen molar-refractivity contribution in [3.8, 4) is 0 Å². The number of nitrogens with zero attached hydrogens (tertiary/aromatic N) is 2. The van der Waals surface area contributed by atoms with Crippen LogP contribution in [0.4, 0.5) is 0 Å². The quantitative estimate of drug-likeness (QED) is 0.384. The molecule has 7 heteroatoms. The van der Waals surface area contributed by atoms with Gasteiger partial charge in [-0.2, -0.15) is 0 Å². The minimum atomic E-state index is -1.96. The highest BCUT2D eigenvalue weighted by atomic mass is 32.1. The van der Waals surface area contributed by atoms with Crippen LogP contribution in [0, 0.1) is 0 Å². The lowest BCUT2D eigenvalue weighted by molar-refractivity contribution is -0.945. The van der Waals surface area contributed by atoms with Crippen LogP contribution in [0.5, 0.6) is 0 Å². The molecule has 0 amide bonds.